The van der Waals surface area contributed by atoms with Crippen LogP contribution in [0.4, 0.5) is 0 Å². The van der Waals surface area contributed by atoms with Gasteiger partial charge in [-0.05, 0) is 60.0 Å². The van der Waals surface area contributed by atoms with E-state index in [1.807, 2.05) is 49.4 Å². The summed E-state index contributed by atoms with van der Waals surface area (Å²) in [6, 6.07) is 21.1. The number of para-hydroxylation sites is 2. The van der Waals surface area contributed by atoms with Gasteiger partial charge in [0.05, 0.1) is 22.6 Å². The normalized spacial score (nSPS) is 11.8. The zero-order chi connectivity index (χ0) is 26.6. The molecule has 0 saturated carbocycles. The van der Waals surface area contributed by atoms with Crippen LogP contribution in [-0.2, 0) is 0 Å². The number of carbonyl (C=O) groups excluding carboxylic acids is 1. The molecule has 3 N–H and O–H groups in total. The number of hydrogen-bond acceptors (Lipinski definition) is 4. The molecule has 3 aromatic carbocycles. The molecular weight excluding hydrogens is 500 g/mol. The molecule has 1 atom stereocenters. The van der Waals surface area contributed by atoms with E-state index in [2.05, 4.69) is 20.3 Å². The Balaban J connectivity index is 1.55. The summed E-state index contributed by atoms with van der Waals surface area (Å²) < 4.78 is 0. The summed E-state index contributed by atoms with van der Waals surface area (Å²) in [5, 5.41) is 13.6. The van der Waals surface area contributed by atoms with Crippen LogP contribution in [0.15, 0.2) is 85.2 Å². The van der Waals surface area contributed by atoms with E-state index in [0.29, 0.717) is 27.5 Å². The molecule has 0 aliphatic heterocycles. The molecule has 0 aliphatic carbocycles. The Bertz CT molecular complexity index is 1600. The maximum absolute atomic E-state index is 13.2. The van der Waals surface area contributed by atoms with Gasteiger partial charge in [0.15, 0.2) is 0 Å². The van der Waals surface area contributed by atoms with Crippen molar-refractivity contribution < 1.29 is 14.7 Å². The van der Waals surface area contributed by atoms with Crippen molar-refractivity contribution in [2.75, 3.05) is 0 Å². The molecule has 0 fully saturated rings. The van der Waals surface area contributed by atoms with Gasteiger partial charge in [0.1, 0.15) is 5.82 Å². The number of aromatic carboxylic acids is 1. The van der Waals surface area contributed by atoms with Crippen LogP contribution in [0.25, 0.3) is 33.5 Å². The van der Waals surface area contributed by atoms with Crippen LogP contribution in [-0.4, -0.2) is 31.9 Å². The summed E-state index contributed by atoms with van der Waals surface area (Å²) in [6.45, 7) is 2.04. The summed E-state index contributed by atoms with van der Waals surface area (Å²) in [5.41, 5.74) is 4.39. The molecule has 190 valence electrons. The lowest BCUT2D eigenvalue weighted by molar-refractivity contribution is 0.0697. The van der Waals surface area contributed by atoms with E-state index in [4.69, 9.17) is 11.6 Å². The fraction of sp³-hybridized carbons (Fsp3) is 0.133. The second kappa shape index (κ2) is 10.9. The van der Waals surface area contributed by atoms with Crippen LogP contribution >= 0.6 is 11.6 Å². The predicted octanol–water partition coefficient (Wildman–Crippen LogP) is 6.91. The predicted molar refractivity (Wildman–Crippen MR) is 148 cm³/mol. The molecular formula is C30H25ClN4O3. The van der Waals surface area contributed by atoms with Crippen LogP contribution in [0.3, 0.4) is 0 Å². The molecule has 7 nitrogen and oxygen atoms in total. The Hall–Kier alpha value is -4.49. The number of carboxylic acid groups (broad SMARTS) is 1. The van der Waals surface area contributed by atoms with Gasteiger partial charge < -0.3 is 15.4 Å². The van der Waals surface area contributed by atoms with E-state index in [1.165, 1.54) is 6.07 Å². The average Bonchev–Trinajstić information content (AvgIpc) is 3.37. The van der Waals surface area contributed by atoms with E-state index >= 15 is 0 Å². The number of H-pyrrole nitrogens is 1. The number of carboxylic acids is 1. The van der Waals surface area contributed by atoms with Crippen molar-refractivity contribution in [3.05, 3.63) is 107 Å². The van der Waals surface area contributed by atoms with Gasteiger partial charge >= 0.3 is 5.97 Å². The summed E-state index contributed by atoms with van der Waals surface area (Å²) >= 11 is 6.64. The first kappa shape index (κ1) is 25.2. The average molecular weight is 525 g/mol. The van der Waals surface area contributed by atoms with E-state index in [9.17, 15) is 14.7 Å². The van der Waals surface area contributed by atoms with Crippen molar-refractivity contribution in [3.8, 4) is 22.5 Å². The summed E-state index contributed by atoms with van der Waals surface area (Å²) in [6.07, 6.45) is 4.97. The van der Waals surface area contributed by atoms with Crippen molar-refractivity contribution in [2.24, 2.45) is 0 Å². The number of nitrogens with one attached hydrogen (secondary N) is 2. The standard InChI is InChI=1S/C30H25ClN4O3/c1-2-6-24(18-13-15-32-16-14-18)35-29(36)19-11-12-20(22(17-19)30(37)38)27-21(7-5-8-23(27)31)28-33-25-9-3-4-10-26(25)34-28/h3-5,7-17,24H,2,6H2,1H3,(H,33,34)(H,35,36)(H,37,38)/t24-/m0/s1. The van der Waals surface area contributed by atoms with Gasteiger partial charge in [-0.25, -0.2) is 9.78 Å². The fourth-order valence-corrected chi connectivity index (χ4v) is 4.88. The van der Waals surface area contributed by atoms with E-state index in [1.54, 1.807) is 36.7 Å². The number of benzene rings is 3. The Labute approximate surface area is 224 Å². The first-order chi connectivity index (χ1) is 18.5. The molecule has 2 heterocycles. The molecule has 1 amide bonds. The highest BCUT2D eigenvalue weighted by atomic mass is 35.5. The molecule has 0 saturated heterocycles. The lowest BCUT2D eigenvalue weighted by Gasteiger charge is -2.19. The number of nitrogens with zero attached hydrogens (tertiary/aromatic N) is 2. The van der Waals surface area contributed by atoms with E-state index in [-0.39, 0.29) is 23.1 Å². The lowest BCUT2D eigenvalue weighted by Crippen LogP contribution is -2.28. The third kappa shape index (κ3) is 5.01. The molecule has 0 spiro atoms. The maximum Gasteiger partial charge on any atom is 0.336 e. The van der Waals surface area contributed by atoms with Crippen LogP contribution in [0.1, 0.15) is 52.1 Å². The van der Waals surface area contributed by atoms with Crippen molar-refractivity contribution in [1.29, 1.82) is 0 Å². The van der Waals surface area contributed by atoms with Crippen LogP contribution < -0.4 is 5.32 Å². The molecule has 8 heteroatoms. The fourth-order valence-electron chi connectivity index (χ4n) is 4.60. The Morgan fingerprint density at radius 3 is 2.53 bits per heavy atom. The number of aromatic amines is 1. The largest absolute Gasteiger partial charge is 0.478 e. The number of halogens is 1. The molecule has 5 aromatic rings. The highest BCUT2D eigenvalue weighted by Gasteiger charge is 2.22. The highest BCUT2D eigenvalue weighted by Crippen LogP contribution is 2.39. The number of carbonyl (C=O) groups is 2. The zero-order valence-corrected chi connectivity index (χ0v) is 21.4. The Kier molecular flexibility index (Phi) is 7.20. The Morgan fingerprint density at radius 2 is 1.79 bits per heavy atom. The molecule has 2 aromatic heterocycles. The third-order valence-electron chi connectivity index (χ3n) is 6.43. The van der Waals surface area contributed by atoms with Gasteiger partial charge in [-0.15, -0.1) is 0 Å². The number of pyridine rings is 1. The number of rotatable bonds is 8. The first-order valence-corrected chi connectivity index (χ1v) is 12.7. The van der Waals surface area contributed by atoms with Gasteiger partial charge in [0.25, 0.3) is 5.91 Å². The van der Waals surface area contributed by atoms with Gasteiger partial charge in [-0.3, -0.25) is 9.78 Å². The molecule has 0 radical (unpaired) electrons. The smallest absolute Gasteiger partial charge is 0.336 e. The number of hydrogen-bond donors (Lipinski definition) is 3. The maximum atomic E-state index is 13.2. The van der Waals surface area contributed by atoms with Gasteiger partial charge in [0, 0.05) is 34.1 Å². The summed E-state index contributed by atoms with van der Waals surface area (Å²) in [5.74, 6) is -0.947. The molecule has 0 aliphatic rings. The number of aromatic nitrogens is 3. The topological polar surface area (TPSA) is 108 Å². The minimum absolute atomic E-state index is 0.0286. The van der Waals surface area contributed by atoms with Crippen molar-refractivity contribution >= 4 is 34.5 Å². The van der Waals surface area contributed by atoms with E-state index < -0.39 is 5.97 Å². The van der Waals surface area contributed by atoms with E-state index in [0.717, 1.165) is 29.4 Å². The van der Waals surface area contributed by atoms with Crippen molar-refractivity contribution in [2.45, 2.75) is 25.8 Å². The summed E-state index contributed by atoms with van der Waals surface area (Å²) in [4.78, 5) is 37.6. The summed E-state index contributed by atoms with van der Waals surface area (Å²) in [7, 11) is 0. The zero-order valence-electron chi connectivity index (χ0n) is 20.6. The third-order valence-corrected chi connectivity index (χ3v) is 6.75. The first-order valence-electron chi connectivity index (χ1n) is 12.3. The SMILES string of the molecule is CCC[C@H](NC(=O)c1ccc(-c2c(Cl)cccc2-c2nc3ccccc3[nH]2)c(C(=O)O)c1)c1ccncc1. The van der Waals surface area contributed by atoms with Gasteiger partial charge in [-0.2, -0.15) is 0 Å². The second-order valence-electron chi connectivity index (χ2n) is 8.93. The van der Waals surface area contributed by atoms with Gasteiger partial charge in [-0.1, -0.05) is 55.3 Å². The Morgan fingerprint density at radius 1 is 1.00 bits per heavy atom. The molecule has 0 bridgehead atoms. The highest BCUT2D eigenvalue weighted by molar-refractivity contribution is 6.34. The van der Waals surface area contributed by atoms with Crippen molar-refractivity contribution in [3.63, 3.8) is 0 Å². The quantitative estimate of drug-likeness (QED) is 0.204. The van der Waals surface area contributed by atoms with Crippen LogP contribution in [0, 0.1) is 0 Å². The second-order valence-corrected chi connectivity index (χ2v) is 9.33. The minimum atomic E-state index is -1.16. The lowest BCUT2D eigenvalue weighted by atomic mass is 9.93. The minimum Gasteiger partial charge on any atom is -0.478 e. The van der Waals surface area contributed by atoms with Crippen LogP contribution in [0.5, 0.6) is 0 Å². The number of amides is 1. The van der Waals surface area contributed by atoms with Crippen LogP contribution in [0.2, 0.25) is 5.02 Å². The van der Waals surface area contributed by atoms with Gasteiger partial charge in [0.2, 0.25) is 0 Å². The molecule has 0 unspecified atom stereocenters. The molecule has 5 rings (SSSR count). The number of imidazole rings is 1. The monoisotopic (exact) mass is 524 g/mol. The molecule has 38 heavy (non-hydrogen) atoms. The number of fused-ring (bicyclic) bond motifs is 1. The van der Waals surface area contributed by atoms with Crippen molar-refractivity contribution in [1.82, 2.24) is 20.3 Å².